The van der Waals surface area contributed by atoms with Gasteiger partial charge in [-0.3, -0.25) is 4.79 Å². The van der Waals surface area contributed by atoms with Crippen LogP contribution in [-0.2, 0) is 17.8 Å². The molecule has 0 aromatic carbocycles. The Labute approximate surface area is 80.2 Å². The van der Waals surface area contributed by atoms with Gasteiger partial charge in [-0.1, -0.05) is 0 Å². The summed E-state index contributed by atoms with van der Waals surface area (Å²) in [5.41, 5.74) is 0. The van der Waals surface area contributed by atoms with Gasteiger partial charge >= 0.3 is 5.97 Å². The quantitative estimate of drug-likeness (QED) is 0.681. The van der Waals surface area contributed by atoms with Crippen molar-refractivity contribution in [1.29, 1.82) is 0 Å². The van der Waals surface area contributed by atoms with Crippen molar-refractivity contribution in [2.45, 2.75) is 31.9 Å². The third-order valence-corrected chi connectivity index (χ3v) is 2.32. The van der Waals surface area contributed by atoms with Crippen LogP contribution in [0.4, 0.5) is 0 Å². The SMILES string of the molecule is O=C(O)Cc1nnc2n1CCCC2O. The number of hydrogen-bond donors (Lipinski definition) is 2. The van der Waals surface area contributed by atoms with Gasteiger partial charge in [0.2, 0.25) is 0 Å². The van der Waals surface area contributed by atoms with Crippen LogP contribution in [0.25, 0.3) is 0 Å². The second kappa shape index (κ2) is 3.38. The Morgan fingerprint density at radius 3 is 3.07 bits per heavy atom. The van der Waals surface area contributed by atoms with Gasteiger partial charge in [-0.2, -0.15) is 0 Å². The van der Waals surface area contributed by atoms with E-state index < -0.39 is 12.1 Å². The fourth-order valence-corrected chi connectivity index (χ4v) is 1.68. The maximum atomic E-state index is 10.5. The lowest BCUT2D eigenvalue weighted by Gasteiger charge is -2.18. The van der Waals surface area contributed by atoms with Crippen LogP contribution in [0.1, 0.15) is 30.6 Å². The summed E-state index contributed by atoms with van der Waals surface area (Å²) in [6.45, 7) is 0.696. The summed E-state index contributed by atoms with van der Waals surface area (Å²) >= 11 is 0. The zero-order valence-corrected chi connectivity index (χ0v) is 7.55. The van der Waals surface area contributed by atoms with Crippen LogP contribution in [-0.4, -0.2) is 30.9 Å². The molecule has 0 bridgehead atoms. The van der Waals surface area contributed by atoms with Gasteiger partial charge in [-0.05, 0) is 12.8 Å². The molecule has 2 N–H and O–H groups in total. The molecular formula is C8H11N3O3. The molecule has 0 amide bonds. The molecular weight excluding hydrogens is 186 g/mol. The molecule has 0 fully saturated rings. The van der Waals surface area contributed by atoms with Crippen molar-refractivity contribution in [1.82, 2.24) is 14.8 Å². The summed E-state index contributed by atoms with van der Waals surface area (Å²) in [7, 11) is 0. The molecule has 6 heteroatoms. The van der Waals surface area contributed by atoms with Crippen molar-refractivity contribution >= 4 is 5.97 Å². The van der Waals surface area contributed by atoms with Crippen LogP contribution in [0.3, 0.4) is 0 Å². The first-order chi connectivity index (χ1) is 6.68. The normalized spacial score (nSPS) is 20.5. The number of aliphatic hydroxyl groups is 1. The largest absolute Gasteiger partial charge is 0.481 e. The van der Waals surface area contributed by atoms with E-state index in [-0.39, 0.29) is 6.42 Å². The van der Waals surface area contributed by atoms with E-state index in [9.17, 15) is 9.90 Å². The Bertz CT molecular complexity index is 361. The minimum Gasteiger partial charge on any atom is -0.481 e. The van der Waals surface area contributed by atoms with Gasteiger partial charge in [0.25, 0.3) is 0 Å². The van der Waals surface area contributed by atoms with Gasteiger partial charge in [-0.25, -0.2) is 0 Å². The van der Waals surface area contributed by atoms with Gasteiger partial charge < -0.3 is 14.8 Å². The Hall–Kier alpha value is -1.43. The number of hydrogen-bond acceptors (Lipinski definition) is 4. The predicted octanol–water partition coefficient (Wildman–Crippen LogP) is -0.268. The van der Waals surface area contributed by atoms with Gasteiger partial charge in [-0.15, -0.1) is 10.2 Å². The molecule has 0 radical (unpaired) electrons. The van der Waals surface area contributed by atoms with E-state index in [1.165, 1.54) is 0 Å². The number of rotatable bonds is 2. The minimum atomic E-state index is -0.930. The summed E-state index contributed by atoms with van der Waals surface area (Å²) < 4.78 is 1.70. The Morgan fingerprint density at radius 2 is 2.36 bits per heavy atom. The molecule has 0 spiro atoms. The lowest BCUT2D eigenvalue weighted by Crippen LogP contribution is -2.18. The highest BCUT2D eigenvalue weighted by atomic mass is 16.4. The van der Waals surface area contributed by atoms with Crippen molar-refractivity contribution < 1.29 is 15.0 Å². The fourth-order valence-electron chi connectivity index (χ4n) is 1.68. The fraction of sp³-hybridized carbons (Fsp3) is 0.625. The summed E-state index contributed by atoms with van der Waals surface area (Å²) in [6, 6.07) is 0. The standard InChI is InChI=1S/C8H11N3O3/c12-5-2-1-3-11-6(4-7(13)14)9-10-8(5)11/h5,12H,1-4H2,(H,13,14). The predicted molar refractivity (Wildman–Crippen MR) is 45.6 cm³/mol. The highest BCUT2D eigenvalue weighted by molar-refractivity contribution is 5.69. The Balaban J connectivity index is 2.31. The van der Waals surface area contributed by atoms with E-state index in [1.54, 1.807) is 4.57 Å². The van der Waals surface area contributed by atoms with Crippen LogP contribution in [0.5, 0.6) is 0 Å². The zero-order valence-electron chi connectivity index (χ0n) is 7.55. The Morgan fingerprint density at radius 1 is 1.57 bits per heavy atom. The van der Waals surface area contributed by atoms with E-state index in [1.807, 2.05) is 0 Å². The summed E-state index contributed by atoms with van der Waals surface area (Å²) in [6.07, 6.45) is 0.766. The van der Waals surface area contributed by atoms with Gasteiger partial charge in [0.1, 0.15) is 18.3 Å². The molecule has 1 atom stereocenters. The third kappa shape index (κ3) is 1.48. The van der Waals surface area contributed by atoms with Crippen molar-refractivity contribution in [3.63, 3.8) is 0 Å². The van der Waals surface area contributed by atoms with E-state index in [0.717, 1.165) is 6.42 Å². The van der Waals surface area contributed by atoms with Crippen LogP contribution in [0, 0.1) is 0 Å². The lowest BCUT2D eigenvalue weighted by molar-refractivity contribution is -0.136. The van der Waals surface area contributed by atoms with E-state index >= 15 is 0 Å². The highest BCUT2D eigenvalue weighted by Crippen LogP contribution is 2.23. The number of fused-ring (bicyclic) bond motifs is 1. The molecule has 1 aromatic heterocycles. The number of aliphatic carboxylic acids is 1. The average molecular weight is 197 g/mol. The molecule has 0 aliphatic carbocycles. The van der Waals surface area contributed by atoms with E-state index in [0.29, 0.717) is 24.6 Å². The summed E-state index contributed by atoms with van der Waals surface area (Å²) in [5, 5.41) is 25.7. The third-order valence-electron chi connectivity index (χ3n) is 2.32. The number of aliphatic hydroxyl groups excluding tert-OH is 1. The maximum Gasteiger partial charge on any atom is 0.311 e. The first-order valence-corrected chi connectivity index (χ1v) is 4.50. The monoisotopic (exact) mass is 197 g/mol. The molecule has 76 valence electrons. The number of carbonyl (C=O) groups is 1. The lowest BCUT2D eigenvalue weighted by atomic mass is 10.1. The molecule has 0 saturated carbocycles. The van der Waals surface area contributed by atoms with Crippen molar-refractivity contribution in [3.05, 3.63) is 11.6 Å². The van der Waals surface area contributed by atoms with Gasteiger partial charge in [0.05, 0.1) is 0 Å². The molecule has 1 aliphatic heterocycles. The van der Waals surface area contributed by atoms with Crippen LogP contribution >= 0.6 is 0 Å². The highest BCUT2D eigenvalue weighted by Gasteiger charge is 2.23. The first kappa shape index (κ1) is 9.14. The van der Waals surface area contributed by atoms with Crippen molar-refractivity contribution in [3.8, 4) is 0 Å². The molecule has 1 unspecified atom stereocenters. The van der Waals surface area contributed by atoms with Crippen molar-refractivity contribution in [2.24, 2.45) is 0 Å². The molecule has 2 rings (SSSR count). The number of nitrogens with zero attached hydrogens (tertiary/aromatic N) is 3. The van der Waals surface area contributed by atoms with Crippen molar-refractivity contribution in [2.75, 3.05) is 0 Å². The maximum absolute atomic E-state index is 10.5. The molecule has 0 saturated heterocycles. The molecule has 14 heavy (non-hydrogen) atoms. The molecule has 2 heterocycles. The number of carboxylic acids is 1. The van der Waals surface area contributed by atoms with Crippen LogP contribution in [0.2, 0.25) is 0 Å². The average Bonchev–Trinajstić information content (AvgIpc) is 2.49. The molecule has 1 aliphatic rings. The second-order valence-electron chi connectivity index (χ2n) is 3.35. The summed E-state index contributed by atoms with van der Waals surface area (Å²) in [4.78, 5) is 10.5. The van der Waals surface area contributed by atoms with Crippen LogP contribution < -0.4 is 0 Å². The smallest absolute Gasteiger partial charge is 0.311 e. The second-order valence-corrected chi connectivity index (χ2v) is 3.35. The topological polar surface area (TPSA) is 88.2 Å². The van der Waals surface area contributed by atoms with Gasteiger partial charge in [0.15, 0.2) is 5.82 Å². The van der Waals surface area contributed by atoms with Crippen LogP contribution in [0.15, 0.2) is 0 Å². The number of carboxylic acid groups (broad SMARTS) is 1. The number of aromatic nitrogens is 3. The minimum absolute atomic E-state index is 0.139. The molecule has 1 aromatic rings. The Kier molecular flexibility index (Phi) is 2.20. The van der Waals surface area contributed by atoms with E-state index in [4.69, 9.17) is 5.11 Å². The van der Waals surface area contributed by atoms with Gasteiger partial charge in [0, 0.05) is 6.54 Å². The van der Waals surface area contributed by atoms with E-state index in [2.05, 4.69) is 10.2 Å². The zero-order chi connectivity index (χ0) is 10.1. The summed E-state index contributed by atoms with van der Waals surface area (Å²) in [5.74, 6) is -0.0148. The molecule has 6 nitrogen and oxygen atoms in total. The first-order valence-electron chi connectivity index (χ1n) is 4.50.